The van der Waals surface area contributed by atoms with Crippen LogP contribution in [-0.4, -0.2) is 22.8 Å². The van der Waals surface area contributed by atoms with Gasteiger partial charge in [0.15, 0.2) is 0 Å². The van der Waals surface area contributed by atoms with Crippen LogP contribution in [0.25, 0.3) is 11.3 Å². The summed E-state index contributed by atoms with van der Waals surface area (Å²) in [7, 11) is 0. The van der Waals surface area contributed by atoms with Gasteiger partial charge in [-0.1, -0.05) is 6.92 Å². The van der Waals surface area contributed by atoms with Crippen molar-refractivity contribution in [3.63, 3.8) is 0 Å². The second kappa shape index (κ2) is 8.78. The van der Waals surface area contributed by atoms with Crippen molar-refractivity contribution in [2.24, 2.45) is 0 Å². The molecule has 1 saturated carbocycles. The third-order valence-electron chi connectivity index (χ3n) is 4.57. The molecule has 0 saturated heterocycles. The lowest BCUT2D eigenvalue weighted by Gasteiger charge is -2.28. The Bertz CT molecular complexity index is 663. The van der Waals surface area contributed by atoms with E-state index in [9.17, 15) is 8.78 Å². The summed E-state index contributed by atoms with van der Waals surface area (Å²) in [6.07, 6.45) is 5.48. The van der Waals surface area contributed by atoms with Crippen LogP contribution in [0.2, 0.25) is 0 Å². The van der Waals surface area contributed by atoms with Crippen LogP contribution in [0.15, 0.2) is 24.3 Å². The summed E-state index contributed by atoms with van der Waals surface area (Å²) in [6.45, 7) is 3.15. The highest BCUT2D eigenvalue weighted by Crippen LogP contribution is 2.34. The van der Waals surface area contributed by atoms with Crippen LogP contribution in [-0.2, 0) is 0 Å². The van der Waals surface area contributed by atoms with Crippen LogP contribution in [0.3, 0.4) is 0 Å². The van der Waals surface area contributed by atoms with Gasteiger partial charge in [0, 0.05) is 48.0 Å². The molecule has 0 amide bonds. The Balaban J connectivity index is 1.55. The molecule has 1 aliphatic carbocycles. The van der Waals surface area contributed by atoms with E-state index < -0.39 is 11.6 Å². The second-order valence-electron chi connectivity index (χ2n) is 6.53. The molecule has 0 unspecified atom stereocenters. The molecule has 1 aromatic heterocycles. The molecule has 0 spiro atoms. The zero-order valence-corrected chi connectivity index (χ0v) is 15.1. The van der Waals surface area contributed by atoms with Crippen LogP contribution in [0.5, 0.6) is 0 Å². The van der Waals surface area contributed by atoms with Crippen molar-refractivity contribution in [1.29, 1.82) is 0 Å². The molecule has 3 rings (SSSR count). The van der Waals surface area contributed by atoms with Gasteiger partial charge in [-0.25, -0.2) is 13.5 Å². The fourth-order valence-corrected chi connectivity index (χ4v) is 3.99. The van der Waals surface area contributed by atoms with E-state index >= 15 is 0 Å². The van der Waals surface area contributed by atoms with Gasteiger partial charge in [0.1, 0.15) is 11.6 Å². The van der Waals surface area contributed by atoms with Crippen LogP contribution >= 0.6 is 12.1 Å². The lowest BCUT2D eigenvalue weighted by Crippen LogP contribution is -2.30. The summed E-state index contributed by atoms with van der Waals surface area (Å²) in [6, 6.07) is 5.93. The molecule has 0 aliphatic heterocycles. The minimum atomic E-state index is -0.583. The van der Waals surface area contributed by atoms with Gasteiger partial charge in [-0.05, 0) is 50.3 Å². The van der Waals surface area contributed by atoms with Crippen molar-refractivity contribution in [2.45, 2.75) is 51.0 Å². The van der Waals surface area contributed by atoms with Crippen molar-refractivity contribution in [2.75, 3.05) is 6.54 Å². The Morgan fingerprint density at radius 3 is 2.52 bits per heavy atom. The topological polar surface area (TPSA) is 52.7 Å². The van der Waals surface area contributed by atoms with Crippen LogP contribution < -0.4 is 9.44 Å². The SMILES string of the molecule is CCCNSNC1CCC(c2cc(-c3cc(F)cc(F)c3)n[nH]2)CC1. The minimum absolute atomic E-state index is 0.423. The number of benzene rings is 1. The number of nitrogens with zero attached hydrogens (tertiary/aromatic N) is 1. The standard InChI is InChI=1S/C18H24F2N4S/c1-2-7-21-25-24-16-5-3-12(4-6-16)17-11-18(23-22-17)13-8-14(19)10-15(20)9-13/h8-12,16,21,24H,2-7H2,1H3,(H,22,23). The van der Waals surface area contributed by atoms with Crippen molar-refractivity contribution >= 4 is 12.1 Å². The first-order chi connectivity index (χ1) is 12.2. The number of aromatic amines is 1. The van der Waals surface area contributed by atoms with E-state index in [1.165, 1.54) is 12.1 Å². The molecular weight excluding hydrogens is 342 g/mol. The van der Waals surface area contributed by atoms with Crippen LogP contribution in [0, 0.1) is 11.6 Å². The van der Waals surface area contributed by atoms with Gasteiger partial charge in [0.25, 0.3) is 0 Å². The maximum Gasteiger partial charge on any atom is 0.126 e. The number of H-pyrrole nitrogens is 1. The van der Waals surface area contributed by atoms with Gasteiger partial charge < -0.3 is 0 Å². The number of hydrogen-bond acceptors (Lipinski definition) is 4. The van der Waals surface area contributed by atoms with Gasteiger partial charge >= 0.3 is 0 Å². The van der Waals surface area contributed by atoms with Crippen molar-refractivity contribution in [3.05, 3.63) is 41.6 Å². The van der Waals surface area contributed by atoms with E-state index in [4.69, 9.17) is 0 Å². The molecule has 0 bridgehead atoms. The van der Waals surface area contributed by atoms with Gasteiger partial charge in [-0.3, -0.25) is 9.82 Å². The molecule has 0 atom stereocenters. The Labute approximate surface area is 151 Å². The Hall–Kier alpha value is -1.44. The maximum atomic E-state index is 13.4. The molecule has 25 heavy (non-hydrogen) atoms. The summed E-state index contributed by atoms with van der Waals surface area (Å²) in [4.78, 5) is 0. The molecule has 3 N–H and O–H groups in total. The minimum Gasteiger partial charge on any atom is -0.282 e. The predicted octanol–water partition coefficient (Wildman–Crippen LogP) is 4.53. The lowest BCUT2D eigenvalue weighted by atomic mass is 9.84. The summed E-state index contributed by atoms with van der Waals surface area (Å²) < 4.78 is 33.5. The first kappa shape index (κ1) is 18.4. The van der Waals surface area contributed by atoms with Crippen molar-refractivity contribution < 1.29 is 8.78 Å². The molecule has 1 aliphatic rings. The van der Waals surface area contributed by atoms with E-state index in [-0.39, 0.29) is 0 Å². The highest BCUT2D eigenvalue weighted by Gasteiger charge is 2.24. The van der Waals surface area contributed by atoms with Crippen molar-refractivity contribution in [3.8, 4) is 11.3 Å². The molecule has 4 nitrogen and oxygen atoms in total. The third kappa shape index (κ3) is 5.03. The monoisotopic (exact) mass is 366 g/mol. The Morgan fingerprint density at radius 1 is 1.12 bits per heavy atom. The molecular formula is C18H24F2N4S. The first-order valence-corrected chi connectivity index (χ1v) is 9.63. The zero-order chi connectivity index (χ0) is 17.6. The summed E-state index contributed by atoms with van der Waals surface area (Å²) in [5, 5.41) is 7.30. The summed E-state index contributed by atoms with van der Waals surface area (Å²) in [5.74, 6) is -0.744. The summed E-state index contributed by atoms with van der Waals surface area (Å²) in [5.41, 5.74) is 2.11. The number of aromatic nitrogens is 2. The highest BCUT2D eigenvalue weighted by molar-refractivity contribution is 7.95. The Morgan fingerprint density at radius 2 is 1.84 bits per heavy atom. The normalized spacial score (nSPS) is 20.8. The number of halogens is 2. The molecule has 0 radical (unpaired) electrons. The second-order valence-corrected chi connectivity index (χ2v) is 7.26. The fraction of sp³-hybridized carbons (Fsp3) is 0.500. The third-order valence-corrected chi connectivity index (χ3v) is 5.37. The van der Waals surface area contributed by atoms with Gasteiger partial charge in [-0.2, -0.15) is 5.10 Å². The van der Waals surface area contributed by atoms with E-state index in [0.717, 1.165) is 50.4 Å². The zero-order valence-electron chi connectivity index (χ0n) is 14.3. The van der Waals surface area contributed by atoms with Gasteiger partial charge in [0.05, 0.1) is 5.69 Å². The molecule has 1 heterocycles. The Kier molecular flexibility index (Phi) is 6.45. The lowest BCUT2D eigenvalue weighted by molar-refractivity contribution is 0.376. The van der Waals surface area contributed by atoms with Gasteiger partial charge in [-0.15, -0.1) is 0 Å². The summed E-state index contributed by atoms with van der Waals surface area (Å²) >= 11 is 1.59. The maximum absolute atomic E-state index is 13.4. The van der Waals surface area contributed by atoms with E-state index in [2.05, 4.69) is 26.6 Å². The number of rotatable bonds is 7. The smallest absolute Gasteiger partial charge is 0.126 e. The first-order valence-electron chi connectivity index (χ1n) is 8.81. The van der Waals surface area contributed by atoms with Crippen LogP contribution in [0.1, 0.15) is 50.6 Å². The molecule has 136 valence electrons. The molecule has 1 fully saturated rings. The molecule has 1 aromatic carbocycles. The predicted molar refractivity (Wildman–Crippen MR) is 98.0 cm³/mol. The number of hydrogen-bond donors (Lipinski definition) is 3. The van der Waals surface area contributed by atoms with Crippen LogP contribution in [0.4, 0.5) is 8.78 Å². The number of nitrogens with one attached hydrogen (secondary N) is 3. The fourth-order valence-electron chi connectivity index (χ4n) is 3.20. The molecule has 7 heteroatoms. The average molecular weight is 366 g/mol. The van der Waals surface area contributed by atoms with E-state index in [0.29, 0.717) is 23.2 Å². The molecule has 2 aromatic rings. The average Bonchev–Trinajstić information content (AvgIpc) is 3.09. The largest absolute Gasteiger partial charge is 0.282 e. The van der Waals surface area contributed by atoms with Crippen molar-refractivity contribution in [1.82, 2.24) is 19.6 Å². The van der Waals surface area contributed by atoms with Gasteiger partial charge in [0.2, 0.25) is 0 Å². The van der Waals surface area contributed by atoms with E-state index in [1.54, 1.807) is 12.1 Å². The van der Waals surface area contributed by atoms with E-state index in [1.807, 2.05) is 6.07 Å². The highest BCUT2D eigenvalue weighted by atomic mass is 32.2. The quantitative estimate of drug-likeness (QED) is 0.498.